The Morgan fingerprint density at radius 1 is 1.08 bits per heavy atom. The number of hydrogen-bond donors (Lipinski definition) is 1. The normalized spacial score (nSPS) is 16.0. The summed E-state index contributed by atoms with van der Waals surface area (Å²) in [6, 6.07) is 8.30. The lowest BCUT2D eigenvalue weighted by Crippen LogP contribution is -2.47. The van der Waals surface area contributed by atoms with Gasteiger partial charge in [0.15, 0.2) is 0 Å². The third-order valence-corrected chi connectivity index (χ3v) is 6.57. The second-order valence-electron chi connectivity index (χ2n) is 6.18. The summed E-state index contributed by atoms with van der Waals surface area (Å²) in [6.07, 6.45) is 0. The molecule has 134 valence electrons. The fourth-order valence-electron chi connectivity index (χ4n) is 2.63. The van der Waals surface area contributed by atoms with Gasteiger partial charge in [0.05, 0.1) is 10.5 Å². The highest BCUT2D eigenvalue weighted by Crippen LogP contribution is 2.28. The van der Waals surface area contributed by atoms with Crippen LogP contribution in [0.15, 0.2) is 40.6 Å². The summed E-state index contributed by atoms with van der Waals surface area (Å²) >= 11 is 1.22. The van der Waals surface area contributed by atoms with Gasteiger partial charge in [-0.2, -0.15) is 0 Å². The van der Waals surface area contributed by atoms with Crippen LogP contribution >= 0.6 is 11.3 Å². The largest absolute Gasteiger partial charge is 0.336 e. The Hall–Kier alpha value is -1.90. The average molecular weight is 380 g/mol. The number of likely N-dealkylation sites (N-methyl/N-ethyl adjacent to an activating group) is 1. The molecule has 1 N–H and O–H groups in total. The minimum absolute atomic E-state index is 0.129. The van der Waals surface area contributed by atoms with E-state index in [0.717, 1.165) is 18.7 Å². The standard InChI is InChI=1S/C17H21N3O3S2/c1-13-3-5-14(6-4-13)25(22,23)18-16-15(7-12-24-16)17(21)20-10-8-19(2)9-11-20/h3-7,12,18H,8-11H2,1-2H3. The second kappa shape index (κ2) is 7.15. The predicted molar refractivity (Wildman–Crippen MR) is 99.7 cm³/mol. The maximum atomic E-state index is 12.7. The van der Waals surface area contributed by atoms with Gasteiger partial charge in [-0.05, 0) is 37.6 Å². The summed E-state index contributed by atoms with van der Waals surface area (Å²) in [7, 11) is -1.69. The van der Waals surface area contributed by atoms with Crippen molar-refractivity contribution in [2.45, 2.75) is 11.8 Å². The van der Waals surface area contributed by atoms with Crippen molar-refractivity contribution in [3.8, 4) is 0 Å². The molecule has 1 aromatic heterocycles. The number of amides is 1. The first-order valence-electron chi connectivity index (χ1n) is 8.01. The number of nitrogens with zero attached hydrogens (tertiary/aromatic N) is 2. The van der Waals surface area contributed by atoms with Crippen LogP contribution in [0, 0.1) is 6.92 Å². The van der Waals surface area contributed by atoms with Crippen molar-refractivity contribution < 1.29 is 13.2 Å². The van der Waals surface area contributed by atoms with E-state index in [1.54, 1.807) is 40.6 Å². The zero-order valence-electron chi connectivity index (χ0n) is 14.2. The number of rotatable bonds is 4. The molecule has 0 saturated carbocycles. The number of thiophene rings is 1. The highest BCUT2D eigenvalue weighted by Gasteiger charge is 2.25. The van der Waals surface area contributed by atoms with Crippen LogP contribution in [0.4, 0.5) is 5.00 Å². The molecular formula is C17H21N3O3S2. The summed E-state index contributed by atoms with van der Waals surface area (Å²) < 4.78 is 27.7. The van der Waals surface area contributed by atoms with Crippen LogP contribution in [0.2, 0.25) is 0 Å². The summed E-state index contributed by atoms with van der Waals surface area (Å²) in [5.41, 5.74) is 1.39. The fourth-order valence-corrected chi connectivity index (χ4v) is 4.75. The molecule has 1 fully saturated rings. The minimum atomic E-state index is -3.71. The van der Waals surface area contributed by atoms with Crippen LogP contribution in [-0.2, 0) is 10.0 Å². The molecule has 1 aliphatic heterocycles. The van der Waals surface area contributed by atoms with Crippen molar-refractivity contribution in [3.63, 3.8) is 0 Å². The van der Waals surface area contributed by atoms with Crippen LogP contribution in [-0.4, -0.2) is 57.4 Å². The number of anilines is 1. The van der Waals surface area contributed by atoms with Gasteiger partial charge in [0.1, 0.15) is 5.00 Å². The third kappa shape index (κ3) is 4.02. The lowest BCUT2D eigenvalue weighted by atomic mass is 10.2. The molecule has 0 aliphatic carbocycles. The quantitative estimate of drug-likeness (QED) is 0.885. The Morgan fingerprint density at radius 2 is 1.72 bits per heavy atom. The molecule has 1 aromatic carbocycles. The molecule has 0 spiro atoms. The number of sulfonamides is 1. The third-order valence-electron chi connectivity index (χ3n) is 4.24. The van der Waals surface area contributed by atoms with Crippen LogP contribution in [0.5, 0.6) is 0 Å². The smallest absolute Gasteiger partial charge is 0.262 e. The van der Waals surface area contributed by atoms with E-state index >= 15 is 0 Å². The van der Waals surface area contributed by atoms with E-state index in [9.17, 15) is 13.2 Å². The molecule has 1 amide bonds. The van der Waals surface area contributed by atoms with Gasteiger partial charge in [-0.15, -0.1) is 11.3 Å². The number of hydrogen-bond acceptors (Lipinski definition) is 5. The molecule has 25 heavy (non-hydrogen) atoms. The summed E-state index contributed by atoms with van der Waals surface area (Å²) in [6.45, 7) is 4.83. The summed E-state index contributed by atoms with van der Waals surface area (Å²) in [5.74, 6) is -0.129. The Bertz CT molecular complexity index is 852. The number of aryl methyl sites for hydroxylation is 1. The molecule has 2 heterocycles. The summed E-state index contributed by atoms with van der Waals surface area (Å²) in [5, 5.41) is 2.10. The van der Waals surface area contributed by atoms with Crippen molar-refractivity contribution in [1.82, 2.24) is 9.80 Å². The van der Waals surface area contributed by atoms with Crippen molar-refractivity contribution in [2.24, 2.45) is 0 Å². The number of carbonyl (C=O) groups excluding carboxylic acids is 1. The van der Waals surface area contributed by atoms with Gasteiger partial charge in [0.2, 0.25) is 0 Å². The highest BCUT2D eigenvalue weighted by atomic mass is 32.2. The topological polar surface area (TPSA) is 69.7 Å². The number of nitrogens with one attached hydrogen (secondary N) is 1. The molecular weight excluding hydrogens is 358 g/mol. The highest BCUT2D eigenvalue weighted by molar-refractivity contribution is 7.93. The maximum Gasteiger partial charge on any atom is 0.262 e. The lowest BCUT2D eigenvalue weighted by Gasteiger charge is -2.32. The van der Waals surface area contributed by atoms with Crippen molar-refractivity contribution in [2.75, 3.05) is 37.9 Å². The van der Waals surface area contributed by atoms with Gasteiger partial charge in [-0.25, -0.2) is 8.42 Å². The van der Waals surface area contributed by atoms with Crippen molar-refractivity contribution >= 4 is 32.3 Å². The zero-order valence-corrected chi connectivity index (χ0v) is 15.9. The zero-order chi connectivity index (χ0) is 18.0. The van der Waals surface area contributed by atoms with Crippen LogP contribution in [0.25, 0.3) is 0 Å². The molecule has 1 saturated heterocycles. The molecule has 3 rings (SSSR count). The Morgan fingerprint density at radius 3 is 2.36 bits per heavy atom. The van der Waals surface area contributed by atoms with Crippen molar-refractivity contribution in [3.05, 3.63) is 46.8 Å². The first-order valence-corrected chi connectivity index (χ1v) is 10.4. The Kier molecular flexibility index (Phi) is 5.12. The molecule has 6 nitrogen and oxygen atoms in total. The van der Waals surface area contributed by atoms with Gasteiger partial charge in [0, 0.05) is 26.2 Å². The Labute approximate surface area is 152 Å². The Balaban J connectivity index is 1.79. The second-order valence-corrected chi connectivity index (χ2v) is 8.78. The van der Waals surface area contributed by atoms with E-state index < -0.39 is 10.0 Å². The van der Waals surface area contributed by atoms with Gasteiger partial charge < -0.3 is 9.80 Å². The molecule has 0 radical (unpaired) electrons. The van der Waals surface area contributed by atoms with Crippen LogP contribution in [0.1, 0.15) is 15.9 Å². The molecule has 2 aromatic rings. The van der Waals surface area contributed by atoms with E-state index in [4.69, 9.17) is 0 Å². The van der Waals surface area contributed by atoms with Crippen molar-refractivity contribution in [1.29, 1.82) is 0 Å². The van der Waals surface area contributed by atoms with E-state index in [1.165, 1.54) is 11.3 Å². The SMILES string of the molecule is Cc1ccc(S(=O)(=O)Nc2sccc2C(=O)N2CCN(C)CC2)cc1. The minimum Gasteiger partial charge on any atom is -0.336 e. The summed E-state index contributed by atoms with van der Waals surface area (Å²) in [4.78, 5) is 16.9. The van der Waals surface area contributed by atoms with Crippen LogP contribution < -0.4 is 4.72 Å². The number of carbonyl (C=O) groups is 1. The monoisotopic (exact) mass is 379 g/mol. The average Bonchev–Trinajstić information content (AvgIpc) is 3.02. The van der Waals surface area contributed by atoms with E-state index in [1.807, 2.05) is 14.0 Å². The maximum absolute atomic E-state index is 12.7. The number of piperazine rings is 1. The first-order chi connectivity index (χ1) is 11.9. The first kappa shape index (κ1) is 17.9. The lowest BCUT2D eigenvalue weighted by molar-refractivity contribution is 0.0665. The molecule has 0 unspecified atom stereocenters. The molecule has 0 atom stereocenters. The van der Waals surface area contributed by atoms with E-state index in [0.29, 0.717) is 23.7 Å². The molecule has 1 aliphatic rings. The predicted octanol–water partition coefficient (Wildman–Crippen LogP) is 2.24. The fraction of sp³-hybridized carbons (Fsp3) is 0.353. The van der Waals surface area contributed by atoms with Gasteiger partial charge in [-0.3, -0.25) is 9.52 Å². The molecule has 8 heteroatoms. The van der Waals surface area contributed by atoms with Gasteiger partial charge >= 0.3 is 0 Å². The van der Waals surface area contributed by atoms with E-state index in [2.05, 4.69) is 9.62 Å². The van der Waals surface area contributed by atoms with Gasteiger partial charge in [-0.1, -0.05) is 17.7 Å². The van der Waals surface area contributed by atoms with E-state index in [-0.39, 0.29) is 10.8 Å². The molecule has 0 bridgehead atoms. The number of benzene rings is 1. The van der Waals surface area contributed by atoms with Crippen LogP contribution in [0.3, 0.4) is 0 Å². The van der Waals surface area contributed by atoms with Gasteiger partial charge in [0.25, 0.3) is 15.9 Å².